The molecule has 1 aliphatic heterocycles. The summed E-state index contributed by atoms with van der Waals surface area (Å²) in [5.41, 5.74) is 1.12. The fourth-order valence-corrected chi connectivity index (χ4v) is 4.20. The molecule has 1 aromatic carbocycles. The molecule has 1 aliphatic carbocycles. The van der Waals surface area contributed by atoms with Crippen molar-refractivity contribution in [3.05, 3.63) is 51.8 Å². The lowest BCUT2D eigenvalue weighted by atomic mass is 10.0. The van der Waals surface area contributed by atoms with Crippen LogP contribution in [0.25, 0.3) is 0 Å². The molecule has 0 amide bonds. The lowest BCUT2D eigenvalue weighted by Gasteiger charge is -2.23. The molecule has 0 unspecified atom stereocenters. The molecule has 178 valence electrons. The second-order valence-corrected chi connectivity index (χ2v) is 9.01. The normalized spacial score (nSPS) is 18.9. The van der Waals surface area contributed by atoms with Crippen LogP contribution in [0.15, 0.2) is 30.6 Å². The Morgan fingerprint density at radius 3 is 2.55 bits per heavy atom. The van der Waals surface area contributed by atoms with Crippen LogP contribution in [0, 0.1) is 5.92 Å². The van der Waals surface area contributed by atoms with E-state index >= 15 is 0 Å². The molecule has 0 spiro atoms. The van der Waals surface area contributed by atoms with E-state index in [9.17, 15) is 13.6 Å². The van der Waals surface area contributed by atoms with Crippen molar-refractivity contribution in [2.24, 2.45) is 5.92 Å². The number of benzene rings is 1. The summed E-state index contributed by atoms with van der Waals surface area (Å²) in [6.45, 7) is -1.84. The first-order chi connectivity index (χ1) is 15.9. The molecule has 2 heterocycles. The van der Waals surface area contributed by atoms with Gasteiger partial charge in [-0.2, -0.15) is 8.78 Å². The lowest BCUT2D eigenvalue weighted by molar-refractivity contribution is -0.151. The molecule has 1 saturated heterocycles. The Hall–Kier alpha value is -2.16. The Bertz CT molecular complexity index is 965. The van der Waals surface area contributed by atoms with Crippen LogP contribution >= 0.6 is 23.2 Å². The molecule has 6 nitrogen and oxygen atoms in total. The van der Waals surface area contributed by atoms with E-state index in [1.807, 2.05) is 0 Å². The molecule has 33 heavy (non-hydrogen) atoms. The van der Waals surface area contributed by atoms with Crippen molar-refractivity contribution < 1.29 is 27.8 Å². The quantitative estimate of drug-likeness (QED) is 0.443. The molecular formula is C23H24Cl2F2N2O4. The van der Waals surface area contributed by atoms with E-state index in [4.69, 9.17) is 32.7 Å². The number of hydrogen-bond acceptors (Lipinski definition) is 6. The first-order valence-electron chi connectivity index (χ1n) is 10.8. The zero-order valence-corrected chi connectivity index (χ0v) is 19.2. The molecule has 0 bridgehead atoms. The molecule has 1 aromatic heterocycles. The summed E-state index contributed by atoms with van der Waals surface area (Å²) in [7, 11) is 0. The first kappa shape index (κ1) is 24.0. The molecule has 1 saturated carbocycles. The molecule has 10 heteroatoms. The van der Waals surface area contributed by atoms with Gasteiger partial charge in [0.05, 0.1) is 16.7 Å². The van der Waals surface area contributed by atoms with E-state index in [1.165, 1.54) is 18.5 Å². The zero-order valence-electron chi connectivity index (χ0n) is 17.7. The second-order valence-electron chi connectivity index (χ2n) is 8.20. The number of nitrogens with one attached hydrogen (secondary N) is 1. The third kappa shape index (κ3) is 6.46. The van der Waals surface area contributed by atoms with Gasteiger partial charge in [-0.15, -0.1) is 0 Å². The van der Waals surface area contributed by atoms with Crippen molar-refractivity contribution in [3.63, 3.8) is 0 Å². The summed E-state index contributed by atoms with van der Waals surface area (Å²) in [5.74, 6) is 0.111. The number of alkyl halides is 2. The van der Waals surface area contributed by atoms with Gasteiger partial charge in [-0.25, -0.2) is 0 Å². The van der Waals surface area contributed by atoms with Gasteiger partial charge in [0.15, 0.2) is 11.5 Å². The number of halogens is 4. The number of pyridine rings is 1. The minimum Gasteiger partial charge on any atom is -0.489 e. The Balaban J connectivity index is 1.63. The van der Waals surface area contributed by atoms with Gasteiger partial charge in [0, 0.05) is 18.8 Å². The fraction of sp³-hybridized carbons (Fsp3) is 0.478. The number of nitrogens with zero attached hydrogens (tertiary/aromatic N) is 1. The van der Waals surface area contributed by atoms with Gasteiger partial charge in [0.1, 0.15) is 12.1 Å². The second kappa shape index (κ2) is 10.8. The minimum atomic E-state index is -2.99. The Kier molecular flexibility index (Phi) is 7.88. The third-order valence-electron chi connectivity index (χ3n) is 5.67. The van der Waals surface area contributed by atoms with Crippen LogP contribution in [0.2, 0.25) is 10.0 Å². The topological polar surface area (TPSA) is 69.7 Å². The predicted molar refractivity (Wildman–Crippen MR) is 119 cm³/mol. The van der Waals surface area contributed by atoms with Gasteiger partial charge < -0.3 is 19.5 Å². The van der Waals surface area contributed by atoms with Crippen molar-refractivity contribution in [3.8, 4) is 11.5 Å². The molecule has 2 atom stereocenters. The van der Waals surface area contributed by atoms with Gasteiger partial charge in [-0.1, -0.05) is 29.3 Å². The van der Waals surface area contributed by atoms with Crippen LogP contribution in [0.5, 0.6) is 11.5 Å². The van der Waals surface area contributed by atoms with Crippen molar-refractivity contribution in [1.82, 2.24) is 10.3 Å². The molecule has 2 aliphatic rings. The van der Waals surface area contributed by atoms with Gasteiger partial charge in [0.25, 0.3) is 0 Å². The van der Waals surface area contributed by atoms with Gasteiger partial charge in [-0.3, -0.25) is 9.78 Å². The molecule has 4 rings (SSSR count). The van der Waals surface area contributed by atoms with Gasteiger partial charge >= 0.3 is 12.6 Å². The maximum Gasteiger partial charge on any atom is 0.387 e. The largest absolute Gasteiger partial charge is 0.489 e. The highest BCUT2D eigenvalue weighted by Gasteiger charge is 2.29. The van der Waals surface area contributed by atoms with Crippen molar-refractivity contribution in [2.45, 2.75) is 50.9 Å². The van der Waals surface area contributed by atoms with Crippen LogP contribution in [0.3, 0.4) is 0 Å². The van der Waals surface area contributed by atoms with E-state index < -0.39 is 24.7 Å². The fourth-order valence-electron chi connectivity index (χ4n) is 3.68. The van der Waals surface area contributed by atoms with E-state index in [2.05, 4.69) is 15.0 Å². The third-order valence-corrected chi connectivity index (χ3v) is 6.32. The van der Waals surface area contributed by atoms with Gasteiger partial charge in [0.2, 0.25) is 0 Å². The van der Waals surface area contributed by atoms with E-state index in [-0.39, 0.29) is 17.9 Å². The average Bonchev–Trinajstić information content (AvgIpc) is 3.44. The number of aromatic nitrogens is 1. The van der Waals surface area contributed by atoms with Crippen LogP contribution in [0.4, 0.5) is 8.78 Å². The van der Waals surface area contributed by atoms with E-state index in [0.29, 0.717) is 40.1 Å². The minimum absolute atomic E-state index is 0.0723. The molecule has 0 radical (unpaired) electrons. The molecule has 1 N–H and O–H groups in total. The van der Waals surface area contributed by atoms with E-state index in [1.54, 1.807) is 12.1 Å². The maximum absolute atomic E-state index is 12.9. The SMILES string of the molecule is O=C(O[C@@H](Cc1c(Cl)cncc1Cl)c1ccc(OC(F)F)c(OCC2CC2)c1)[C@H]1CCCN1. The number of rotatable bonds is 10. The highest BCUT2D eigenvalue weighted by Crippen LogP contribution is 2.38. The zero-order chi connectivity index (χ0) is 23.4. The summed E-state index contributed by atoms with van der Waals surface area (Å²) in [5, 5.41) is 3.79. The Morgan fingerprint density at radius 2 is 1.91 bits per heavy atom. The maximum atomic E-state index is 12.9. The Labute approximate surface area is 200 Å². The smallest absolute Gasteiger partial charge is 0.387 e. The van der Waals surface area contributed by atoms with Crippen molar-refractivity contribution >= 4 is 29.2 Å². The molecule has 2 fully saturated rings. The monoisotopic (exact) mass is 500 g/mol. The van der Waals surface area contributed by atoms with Gasteiger partial charge in [-0.05, 0) is 61.4 Å². The summed E-state index contributed by atoms with van der Waals surface area (Å²) in [6, 6.07) is 4.14. The average molecular weight is 501 g/mol. The summed E-state index contributed by atoms with van der Waals surface area (Å²) in [4.78, 5) is 16.8. The standard InChI is InChI=1S/C23H24Cl2F2N2O4/c24-16-10-28-11-17(25)15(16)9-20(32-22(30)18-2-1-7-29-18)14-5-6-19(33-23(26)27)21(8-14)31-12-13-3-4-13/h5-6,8,10-11,13,18,20,23,29H,1-4,7,9,12H2/t18-,20+/m1/s1. The number of hydrogen-bond donors (Lipinski definition) is 1. The highest BCUT2D eigenvalue weighted by molar-refractivity contribution is 6.35. The highest BCUT2D eigenvalue weighted by atomic mass is 35.5. The molecule has 2 aromatic rings. The lowest BCUT2D eigenvalue weighted by Crippen LogP contribution is -2.33. The number of ether oxygens (including phenoxy) is 3. The van der Waals surface area contributed by atoms with Crippen LogP contribution in [-0.2, 0) is 16.0 Å². The summed E-state index contributed by atoms with van der Waals surface area (Å²) in [6.07, 6.45) is 5.96. The molecular weight excluding hydrogens is 477 g/mol. The van der Waals surface area contributed by atoms with Crippen LogP contribution < -0.4 is 14.8 Å². The van der Waals surface area contributed by atoms with Crippen molar-refractivity contribution in [2.75, 3.05) is 13.2 Å². The Morgan fingerprint density at radius 1 is 1.15 bits per heavy atom. The van der Waals surface area contributed by atoms with E-state index in [0.717, 1.165) is 25.8 Å². The number of esters is 1. The number of carbonyl (C=O) groups excluding carboxylic acids is 1. The predicted octanol–water partition coefficient (Wildman–Crippen LogP) is 5.36. The van der Waals surface area contributed by atoms with Crippen LogP contribution in [-0.4, -0.2) is 36.8 Å². The van der Waals surface area contributed by atoms with Crippen LogP contribution in [0.1, 0.15) is 42.9 Å². The van der Waals surface area contributed by atoms with Crippen molar-refractivity contribution in [1.29, 1.82) is 0 Å². The summed E-state index contributed by atoms with van der Waals surface area (Å²) >= 11 is 12.6. The number of carbonyl (C=O) groups is 1. The first-order valence-corrected chi connectivity index (χ1v) is 11.6. The summed E-state index contributed by atoms with van der Waals surface area (Å²) < 4.78 is 42.1.